The first-order chi connectivity index (χ1) is 9.97. The first-order valence-electron chi connectivity index (χ1n) is 6.85. The van der Waals surface area contributed by atoms with Gasteiger partial charge in [0, 0.05) is 10.6 Å². The second kappa shape index (κ2) is 6.48. The van der Waals surface area contributed by atoms with Crippen molar-refractivity contribution in [3.8, 4) is 5.75 Å². The number of hydrazine groups is 1. The molecule has 2 aromatic rings. The number of benzene rings is 2. The highest BCUT2D eigenvalue weighted by Gasteiger charge is 2.22. The lowest BCUT2D eigenvalue weighted by Gasteiger charge is -2.23. The third kappa shape index (κ3) is 3.21. The fraction of sp³-hybridized carbons (Fsp3) is 0.294. The van der Waals surface area contributed by atoms with Gasteiger partial charge in [-0.2, -0.15) is 0 Å². The van der Waals surface area contributed by atoms with E-state index in [9.17, 15) is 0 Å². The molecule has 3 nitrogen and oxygen atoms in total. The van der Waals surface area contributed by atoms with E-state index < -0.39 is 0 Å². The van der Waals surface area contributed by atoms with Gasteiger partial charge in [0.25, 0.3) is 0 Å². The van der Waals surface area contributed by atoms with Gasteiger partial charge < -0.3 is 4.74 Å². The Morgan fingerprint density at radius 2 is 1.81 bits per heavy atom. The number of hydrogen-bond acceptors (Lipinski definition) is 3. The van der Waals surface area contributed by atoms with Crippen molar-refractivity contribution < 1.29 is 4.74 Å². The van der Waals surface area contributed by atoms with Crippen molar-refractivity contribution >= 4 is 11.6 Å². The fourth-order valence-electron chi connectivity index (χ4n) is 2.67. The summed E-state index contributed by atoms with van der Waals surface area (Å²) in [4.78, 5) is 0. The summed E-state index contributed by atoms with van der Waals surface area (Å²) in [5.41, 5.74) is 8.20. The van der Waals surface area contributed by atoms with Crippen LogP contribution >= 0.6 is 11.6 Å². The molecule has 21 heavy (non-hydrogen) atoms. The van der Waals surface area contributed by atoms with Gasteiger partial charge in [-0.1, -0.05) is 29.8 Å². The Kier molecular flexibility index (Phi) is 4.88. The van der Waals surface area contributed by atoms with E-state index in [0.717, 1.165) is 33.6 Å². The SMILES string of the molecule is COc1cc(C)cc(C)c1C(NN)c1ccc(C)cc1Cl. The third-order valence-corrected chi connectivity index (χ3v) is 3.96. The van der Waals surface area contributed by atoms with Gasteiger partial charge in [-0.3, -0.25) is 5.84 Å². The monoisotopic (exact) mass is 304 g/mol. The number of halogens is 1. The van der Waals surface area contributed by atoms with E-state index >= 15 is 0 Å². The Bertz CT molecular complexity index is 655. The molecule has 112 valence electrons. The zero-order valence-electron chi connectivity index (χ0n) is 12.8. The van der Waals surface area contributed by atoms with Crippen LogP contribution < -0.4 is 16.0 Å². The Hall–Kier alpha value is -1.55. The van der Waals surface area contributed by atoms with Gasteiger partial charge in [-0.05, 0) is 55.2 Å². The molecule has 0 aliphatic rings. The van der Waals surface area contributed by atoms with Crippen LogP contribution in [0.2, 0.25) is 5.02 Å². The minimum Gasteiger partial charge on any atom is -0.496 e. The smallest absolute Gasteiger partial charge is 0.124 e. The lowest BCUT2D eigenvalue weighted by atomic mass is 9.92. The molecule has 1 atom stereocenters. The van der Waals surface area contributed by atoms with E-state index in [1.165, 1.54) is 0 Å². The highest BCUT2D eigenvalue weighted by molar-refractivity contribution is 6.31. The van der Waals surface area contributed by atoms with Crippen LogP contribution in [0.4, 0.5) is 0 Å². The van der Waals surface area contributed by atoms with Crippen molar-refractivity contribution in [1.82, 2.24) is 5.43 Å². The van der Waals surface area contributed by atoms with E-state index in [0.29, 0.717) is 5.02 Å². The molecule has 0 aliphatic carbocycles. The van der Waals surface area contributed by atoms with Crippen LogP contribution in [0, 0.1) is 20.8 Å². The summed E-state index contributed by atoms with van der Waals surface area (Å²) >= 11 is 6.40. The highest BCUT2D eigenvalue weighted by Crippen LogP contribution is 2.36. The molecular weight excluding hydrogens is 284 g/mol. The van der Waals surface area contributed by atoms with Crippen LogP contribution in [0.1, 0.15) is 33.9 Å². The lowest BCUT2D eigenvalue weighted by molar-refractivity contribution is 0.403. The van der Waals surface area contributed by atoms with E-state index in [-0.39, 0.29) is 6.04 Å². The van der Waals surface area contributed by atoms with Crippen LogP contribution in [-0.4, -0.2) is 7.11 Å². The molecule has 2 aromatic carbocycles. The number of hydrogen-bond donors (Lipinski definition) is 2. The van der Waals surface area contributed by atoms with Crippen molar-refractivity contribution in [3.05, 3.63) is 63.2 Å². The molecule has 0 saturated heterocycles. The van der Waals surface area contributed by atoms with Gasteiger partial charge in [-0.25, -0.2) is 5.43 Å². The maximum absolute atomic E-state index is 6.40. The van der Waals surface area contributed by atoms with Crippen molar-refractivity contribution in [2.45, 2.75) is 26.8 Å². The summed E-state index contributed by atoms with van der Waals surface area (Å²) in [7, 11) is 1.67. The van der Waals surface area contributed by atoms with Crippen LogP contribution in [0.15, 0.2) is 30.3 Å². The summed E-state index contributed by atoms with van der Waals surface area (Å²) in [6.45, 7) is 6.11. The van der Waals surface area contributed by atoms with Crippen molar-refractivity contribution in [1.29, 1.82) is 0 Å². The number of methoxy groups -OCH3 is 1. The second-order valence-electron chi connectivity index (χ2n) is 5.32. The van der Waals surface area contributed by atoms with E-state index in [1.54, 1.807) is 7.11 Å². The molecule has 3 N–H and O–H groups in total. The second-order valence-corrected chi connectivity index (χ2v) is 5.73. The van der Waals surface area contributed by atoms with Gasteiger partial charge in [0.1, 0.15) is 5.75 Å². The molecule has 0 aromatic heterocycles. The number of ether oxygens (including phenoxy) is 1. The normalized spacial score (nSPS) is 12.3. The van der Waals surface area contributed by atoms with Gasteiger partial charge in [0.2, 0.25) is 0 Å². The molecule has 0 heterocycles. The molecule has 4 heteroatoms. The zero-order valence-corrected chi connectivity index (χ0v) is 13.6. The number of rotatable bonds is 4. The summed E-state index contributed by atoms with van der Waals surface area (Å²) in [6.07, 6.45) is 0. The Labute approximate surface area is 131 Å². The largest absolute Gasteiger partial charge is 0.496 e. The molecule has 0 radical (unpaired) electrons. The summed E-state index contributed by atoms with van der Waals surface area (Å²) in [5, 5.41) is 0.694. The Morgan fingerprint density at radius 1 is 1.10 bits per heavy atom. The molecule has 2 rings (SSSR count). The topological polar surface area (TPSA) is 47.3 Å². The quantitative estimate of drug-likeness (QED) is 0.666. The van der Waals surface area contributed by atoms with E-state index in [4.69, 9.17) is 22.2 Å². The van der Waals surface area contributed by atoms with Gasteiger partial charge >= 0.3 is 0 Å². The fourth-order valence-corrected chi connectivity index (χ4v) is 3.02. The summed E-state index contributed by atoms with van der Waals surface area (Å²) in [6, 6.07) is 9.88. The molecule has 0 spiro atoms. The van der Waals surface area contributed by atoms with Crippen LogP contribution in [0.5, 0.6) is 5.75 Å². The van der Waals surface area contributed by atoms with Gasteiger partial charge in [-0.15, -0.1) is 0 Å². The van der Waals surface area contributed by atoms with Crippen LogP contribution in [0.3, 0.4) is 0 Å². The first-order valence-corrected chi connectivity index (χ1v) is 7.23. The summed E-state index contributed by atoms with van der Waals surface area (Å²) < 4.78 is 5.54. The third-order valence-electron chi connectivity index (χ3n) is 3.64. The molecule has 1 unspecified atom stereocenters. The van der Waals surface area contributed by atoms with Crippen LogP contribution in [-0.2, 0) is 0 Å². The van der Waals surface area contributed by atoms with Crippen molar-refractivity contribution in [3.63, 3.8) is 0 Å². The molecule has 0 aliphatic heterocycles. The molecule has 0 bridgehead atoms. The predicted molar refractivity (Wildman–Crippen MR) is 87.8 cm³/mol. The van der Waals surface area contributed by atoms with Crippen molar-refractivity contribution in [2.24, 2.45) is 5.84 Å². The molecule has 0 saturated carbocycles. The molecular formula is C17H21ClN2O. The van der Waals surface area contributed by atoms with Crippen molar-refractivity contribution in [2.75, 3.05) is 7.11 Å². The maximum Gasteiger partial charge on any atom is 0.124 e. The maximum atomic E-state index is 6.40. The highest BCUT2D eigenvalue weighted by atomic mass is 35.5. The van der Waals surface area contributed by atoms with E-state index in [1.807, 2.05) is 38.1 Å². The Morgan fingerprint density at radius 3 is 2.38 bits per heavy atom. The first kappa shape index (κ1) is 15.8. The lowest BCUT2D eigenvalue weighted by Crippen LogP contribution is -2.30. The number of nitrogens with two attached hydrogens (primary N) is 1. The molecule has 0 amide bonds. The minimum atomic E-state index is -0.214. The molecule has 0 fully saturated rings. The zero-order chi connectivity index (χ0) is 15.6. The van der Waals surface area contributed by atoms with Gasteiger partial charge in [0.15, 0.2) is 0 Å². The predicted octanol–water partition coefficient (Wildman–Crippen LogP) is 3.83. The van der Waals surface area contributed by atoms with E-state index in [2.05, 4.69) is 18.4 Å². The average Bonchev–Trinajstić information content (AvgIpc) is 2.42. The average molecular weight is 305 g/mol. The van der Waals surface area contributed by atoms with Gasteiger partial charge in [0.05, 0.1) is 13.2 Å². The number of aryl methyl sites for hydroxylation is 3. The minimum absolute atomic E-state index is 0.214. The number of nitrogens with one attached hydrogen (secondary N) is 1. The summed E-state index contributed by atoms with van der Waals surface area (Å²) in [5.74, 6) is 6.62. The standard InChI is InChI=1S/C17H21ClN2O/c1-10-5-6-13(14(18)8-10)17(20-19)16-12(3)7-11(2)9-15(16)21-4/h5-9,17,20H,19H2,1-4H3. The van der Waals surface area contributed by atoms with Crippen LogP contribution in [0.25, 0.3) is 0 Å². The Balaban J connectivity index is 2.61.